The maximum atomic E-state index is 12.1. The number of hydrogen-bond acceptors (Lipinski definition) is 2. The fourth-order valence-corrected chi connectivity index (χ4v) is 2.37. The Balaban J connectivity index is 1.79. The van der Waals surface area contributed by atoms with E-state index in [-0.39, 0.29) is 12.5 Å². The van der Waals surface area contributed by atoms with E-state index in [1.807, 2.05) is 65.4 Å². The minimum Gasteiger partial charge on any atom is -0.338 e. The molecule has 0 unspecified atom stereocenters. The number of nitrogens with two attached hydrogens (primary N) is 1. The molecule has 0 bridgehead atoms. The quantitative estimate of drug-likeness (QED) is 0.771. The molecule has 1 heterocycles. The number of aromatic nitrogens is 1. The lowest BCUT2D eigenvalue weighted by atomic mass is 10.1. The molecule has 4 heteroatoms. The van der Waals surface area contributed by atoms with Gasteiger partial charge in [0.05, 0.1) is 0 Å². The lowest BCUT2D eigenvalue weighted by Gasteiger charge is -2.08. The number of amides is 1. The van der Waals surface area contributed by atoms with Gasteiger partial charge in [-0.2, -0.15) is 0 Å². The molecule has 0 aliphatic heterocycles. The van der Waals surface area contributed by atoms with Crippen molar-refractivity contribution >= 4 is 22.5 Å². The molecule has 0 spiro atoms. The van der Waals surface area contributed by atoms with Crippen molar-refractivity contribution in [2.45, 2.75) is 13.1 Å². The smallest absolute Gasteiger partial charge is 0.244 e. The summed E-state index contributed by atoms with van der Waals surface area (Å²) in [5.74, 6) is -0.0446. The average molecular weight is 279 g/mol. The fraction of sp³-hybridized carbons (Fsp3) is 0.118. The van der Waals surface area contributed by atoms with Gasteiger partial charge < -0.3 is 15.6 Å². The van der Waals surface area contributed by atoms with Crippen molar-refractivity contribution in [3.63, 3.8) is 0 Å². The summed E-state index contributed by atoms with van der Waals surface area (Å²) >= 11 is 0. The maximum absolute atomic E-state index is 12.1. The molecule has 106 valence electrons. The van der Waals surface area contributed by atoms with Crippen LogP contribution in [-0.4, -0.2) is 10.5 Å². The first-order valence-corrected chi connectivity index (χ1v) is 6.89. The third kappa shape index (κ3) is 2.95. The SMILES string of the molecule is NCc1ccc2ccn(CC(=O)Nc3ccccc3)c2c1. The second-order valence-corrected chi connectivity index (χ2v) is 4.96. The van der Waals surface area contributed by atoms with E-state index in [4.69, 9.17) is 5.73 Å². The molecule has 4 nitrogen and oxygen atoms in total. The third-order valence-electron chi connectivity index (χ3n) is 3.45. The number of anilines is 1. The standard InChI is InChI=1S/C17H17N3O/c18-11-13-6-7-14-8-9-20(16(14)10-13)12-17(21)19-15-4-2-1-3-5-15/h1-10H,11-12,18H2,(H,19,21). The molecule has 1 aromatic heterocycles. The highest BCUT2D eigenvalue weighted by molar-refractivity contribution is 5.92. The zero-order chi connectivity index (χ0) is 14.7. The van der Waals surface area contributed by atoms with Crippen LogP contribution in [0.15, 0.2) is 60.8 Å². The van der Waals surface area contributed by atoms with Gasteiger partial charge in [-0.25, -0.2) is 0 Å². The monoisotopic (exact) mass is 279 g/mol. The second-order valence-electron chi connectivity index (χ2n) is 4.96. The van der Waals surface area contributed by atoms with Gasteiger partial charge in [-0.1, -0.05) is 30.3 Å². The molecule has 0 saturated carbocycles. The molecule has 21 heavy (non-hydrogen) atoms. The Bertz CT molecular complexity index is 762. The molecule has 0 radical (unpaired) electrons. The van der Waals surface area contributed by atoms with Crippen LogP contribution < -0.4 is 11.1 Å². The number of hydrogen-bond donors (Lipinski definition) is 2. The number of carbonyl (C=O) groups excluding carboxylic acids is 1. The summed E-state index contributed by atoms with van der Waals surface area (Å²) in [6.07, 6.45) is 1.93. The summed E-state index contributed by atoms with van der Waals surface area (Å²) in [5, 5.41) is 4.00. The summed E-state index contributed by atoms with van der Waals surface area (Å²) in [6, 6.07) is 17.5. The summed E-state index contributed by atoms with van der Waals surface area (Å²) in [5.41, 5.74) is 8.57. The van der Waals surface area contributed by atoms with E-state index in [0.717, 1.165) is 22.2 Å². The van der Waals surface area contributed by atoms with Gasteiger partial charge in [0, 0.05) is 23.9 Å². The van der Waals surface area contributed by atoms with Crippen LogP contribution >= 0.6 is 0 Å². The fourth-order valence-electron chi connectivity index (χ4n) is 2.37. The summed E-state index contributed by atoms with van der Waals surface area (Å²) in [4.78, 5) is 12.1. The Kier molecular flexibility index (Phi) is 3.71. The van der Waals surface area contributed by atoms with Crippen LogP contribution in [0.25, 0.3) is 10.9 Å². The maximum Gasteiger partial charge on any atom is 0.244 e. The predicted octanol–water partition coefficient (Wildman–Crippen LogP) is 2.74. The van der Waals surface area contributed by atoms with E-state index in [0.29, 0.717) is 6.54 Å². The zero-order valence-electron chi connectivity index (χ0n) is 11.6. The lowest BCUT2D eigenvalue weighted by molar-refractivity contribution is -0.116. The van der Waals surface area contributed by atoms with Crippen molar-refractivity contribution < 1.29 is 4.79 Å². The van der Waals surface area contributed by atoms with Gasteiger partial charge in [-0.3, -0.25) is 4.79 Å². The molecule has 0 aliphatic carbocycles. The highest BCUT2D eigenvalue weighted by atomic mass is 16.1. The van der Waals surface area contributed by atoms with Crippen LogP contribution in [0.2, 0.25) is 0 Å². The van der Waals surface area contributed by atoms with E-state index in [1.54, 1.807) is 0 Å². The number of para-hydroxylation sites is 1. The summed E-state index contributed by atoms with van der Waals surface area (Å²) < 4.78 is 1.94. The van der Waals surface area contributed by atoms with E-state index >= 15 is 0 Å². The summed E-state index contributed by atoms with van der Waals surface area (Å²) in [6.45, 7) is 0.781. The van der Waals surface area contributed by atoms with Crippen LogP contribution in [0.4, 0.5) is 5.69 Å². The first-order chi connectivity index (χ1) is 10.3. The highest BCUT2D eigenvalue weighted by Gasteiger charge is 2.07. The van der Waals surface area contributed by atoms with Crippen molar-refractivity contribution in [2.75, 3.05) is 5.32 Å². The molecule has 3 N–H and O–H groups in total. The van der Waals surface area contributed by atoms with Crippen LogP contribution in [0, 0.1) is 0 Å². The zero-order valence-corrected chi connectivity index (χ0v) is 11.6. The van der Waals surface area contributed by atoms with Gasteiger partial charge in [-0.05, 0) is 35.2 Å². The number of benzene rings is 2. The Morgan fingerprint density at radius 2 is 1.90 bits per heavy atom. The Morgan fingerprint density at radius 3 is 2.67 bits per heavy atom. The largest absolute Gasteiger partial charge is 0.338 e. The minimum absolute atomic E-state index is 0.0446. The molecule has 0 saturated heterocycles. The molecule has 0 fully saturated rings. The molecule has 2 aromatic carbocycles. The highest BCUT2D eigenvalue weighted by Crippen LogP contribution is 2.18. The van der Waals surface area contributed by atoms with E-state index < -0.39 is 0 Å². The lowest BCUT2D eigenvalue weighted by Crippen LogP contribution is -2.18. The number of carbonyl (C=O) groups is 1. The topological polar surface area (TPSA) is 60.0 Å². The van der Waals surface area contributed by atoms with E-state index in [1.165, 1.54) is 0 Å². The van der Waals surface area contributed by atoms with Crippen molar-refractivity contribution in [2.24, 2.45) is 5.73 Å². The van der Waals surface area contributed by atoms with Gasteiger partial charge in [0.2, 0.25) is 5.91 Å². The Morgan fingerprint density at radius 1 is 1.10 bits per heavy atom. The van der Waals surface area contributed by atoms with Crippen molar-refractivity contribution in [1.29, 1.82) is 0 Å². The first kappa shape index (κ1) is 13.4. The second kappa shape index (κ2) is 5.81. The molecule has 3 rings (SSSR count). The number of nitrogens with one attached hydrogen (secondary N) is 1. The Hall–Kier alpha value is -2.59. The Labute approximate surface area is 123 Å². The normalized spacial score (nSPS) is 10.7. The molecular weight excluding hydrogens is 262 g/mol. The number of rotatable bonds is 4. The third-order valence-corrected chi connectivity index (χ3v) is 3.45. The average Bonchev–Trinajstić information content (AvgIpc) is 2.90. The molecular formula is C17H17N3O. The summed E-state index contributed by atoms with van der Waals surface area (Å²) in [7, 11) is 0. The molecule has 0 aliphatic rings. The van der Waals surface area contributed by atoms with Crippen molar-refractivity contribution in [3.05, 3.63) is 66.4 Å². The molecule has 0 atom stereocenters. The first-order valence-electron chi connectivity index (χ1n) is 6.89. The predicted molar refractivity (Wildman–Crippen MR) is 84.9 cm³/mol. The number of fused-ring (bicyclic) bond motifs is 1. The van der Waals surface area contributed by atoms with Gasteiger partial charge >= 0.3 is 0 Å². The van der Waals surface area contributed by atoms with Crippen LogP contribution in [0.5, 0.6) is 0 Å². The van der Waals surface area contributed by atoms with Crippen LogP contribution in [0.3, 0.4) is 0 Å². The number of nitrogens with zero attached hydrogens (tertiary/aromatic N) is 1. The van der Waals surface area contributed by atoms with Crippen LogP contribution in [0.1, 0.15) is 5.56 Å². The molecule has 1 amide bonds. The minimum atomic E-state index is -0.0446. The molecule has 3 aromatic rings. The van der Waals surface area contributed by atoms with Crippen LogP contribution in [-0.2, 0) is 17.9 Å². The van der Waals surface area contributed by atoms with Gasteiger partial charge in [0.1, 0.15) is 6.54 Å². The van der Waals surface area contributed by atoms with Crippen molar-refractivity contribution in [3.8, 4) is 0 Å². The van der Waals surface area contributed by atoms with E-state index in [2.05, 4.69) is 5.32 Å². The van der Waals surface area contributed by atoms with Gasteiger partial charge in [0.25, 0.3) is 0 Å². The van der Waals surface area contributed by atoms with Crippen molar-refractivity contribution in [1.82, 2.24) is 4.57 Å². The van der Waals surface area contributed by atoms with Gasteiger partial charge in [0.15, 0.2) is 0 Å². The van der Waals surface area contributed by atoms with E-state index in [9.17, 15) is 4.79 Å². The van der Waals surface area contributed by atoms with Gasteiger partial charge in [-0.15, -0.1) is 0 Å².